The Bertz CT molecular complexity index is 1370. The fourth-order valence-electron chi connectivity index (χ4n) is 4.75. The number of hydrogen-bond acceptors (Lipinski definition) is 4. The lowest BCUT2D eigenvalue weighted by Crippen LogP contribution is -2.43. The van der Waals surface area contributed by atoms with Gasteiger partial charge in [-0.3, -0.25) is 0 Å². The molecule has 0 aliphatic rings. The van der Waals surface area contributed by atoms with Crippen molar-refractivity contribution >= 4 is 17.7 Å². The van der Waals surface area contributed by atoms with Crippen molar-refractivity contribution in [2.24, 2.45) is 0 Å². The molecule has 2 amide bonds. The van der Waals surface area contributed by atoms with Gasteiger partial charge in [0.15, 0.2) is 0 Å². The Labute approximate surface area is 259 Å². The molecule has 3 aromatic rings. The molecule has 0 heterocycles. The van der Waals surface area contributed by atoms with Crippen LogP contribution in [-0.4, -0.2) is 47.3 Å². The Kier molecular flexibility index (Phi) is 13.0. The summed E-state index contributed by atoms with van der Waals surface area (Å²) in [6.07, 6.45) is 5.11. The van der Waals surface area contributed by atoms with E-state index < -0.39 is 29.2 Å². The van der Waals surface area contributed by atoms with Gasteiger partial charge in [-0.05, 0) is 66.8 Å². The number of benzene rings is 3. The van der Waals surface area contributed by atoms with Crippen LogP contribution in [0.3, 0.4) is 0 Å². The van der Waals surface area contributed by atoms with Crippen LogP contribution in [0.5, 0.6) is 11.5 Å². The summed E-state index contributed by atoms with van der Waals surface area (Å²) in [5.41, 5.74) is 0.235. The summed E-state index contributed by atoms with van der Waals surface area (Å²) in [5, 5.41) is 12.6. The predicted octanol–water partition coefficient (Wildman–Crippen LogP) is 8.44. The van der Waals surface area contributed by atoms with E-state index in [2.05, 4.69) is 26.1 Å². The first-order chi connectivity index (χ1) is 21.0. The summed E-state index contributed by atoms with van der Waals surface area (Å²) in [6.45, 7) is 8.69. The minimum Gasteiger partial charge on any atom is -0.492 e. The maximum Gasteiger partial charge on any atom is 0.348 e. The van der Waals surface area contributed by atoms with Crippen molar-refractivity contribution in [2.45, 2.75) is 77.7 Å². The van der Waals surface area contributed by atoms with Gasteiger partial charge in [0.2, 0.25) is 5.60 Å². The van der Waals surface area contributed by atoms with E-state index in [1.807, 2.05) is 18.2 Å². The number of anilines is 1. The molecule has 1 unspecified atom stereocenters. The second kappa shape index (κ2) is 16.6. The summed E-state index contributed by atoms with van der Waals surface area (Å²) in [6, 6.07) is 17.1. The van der Waals surface area contributed by atoms with Crippen molar-refractivity contribution in [3.8, 4) is 11.5 Å². The number of urea groups is 1. The van der Waals surface area contributed by atoms with Crippen LogP contribution < -0.4 is 14.8 Å². The second-order valence-electron chi connectivity index (χ2n) is 11.5. The standard InChI is InChI=1S/C35H44F2N2O5/c1-5-6-7-8-9-19-39(34(42)38-32-18-15-28(36)23-31(32)37)20-21-43-30-12-10-11-26(22-30)24-35(4,33(40)41)44-29-16-13-27(14-17-29)25(2)3/h10-18,22-23,25H,5-9,19-21,24H2,1-4H3,(H,38,42)(H,40,41). The van der Waals surface area contributed by atoms with Crippen LogP contribution in [0.2, 0.25) is 0 Å². The third-order valence-corrected chi connectivity index (χ3v) is 7.40. The topological polar surface area (TPSA) is 88.1 Å². The van der Waals surface area contributed by atoms with Crippen LogP contribution >= 0.6 is 0 Å². The average molecular weight is 611 g/mol. The van der Waals surface area contributed by atoms with E-state index in [4.69, 9.17) is 9.47 Å². The number of carboxylic acids is 1. The monoisotopic (exact) mass is 610 g/mol. The lowest BCUT2D eigenvalue weighted by atomic mass is 9.96. The van der Waals surface area contributed by atoms with E-state index in [1.54, 1.807) is 42.2 Å². The zero-order valence-corrected chi connectivity index (χ0v) is 26.1. The maximum atomic E-state index is 14.2. The molecule has 3 rings (SSSR count). The van der Waals surface area contributed by atoms with Crippen molar-refractivity contribution < 1.29 is 33.0 Å². The van der Waals surface area contributed by atoms with Gasteiger partial charge in [0.05, 0.1) is 12.2 Å². The van der Waals surface area contributed by atoms with E-state index in [-0.39, 0.29) is 25.3 Å². The molecule has 0 saturated carbocycles. The molecule has 0 fully saturated rings. The molecule has 2 N–H and O–H groups in total. The molecule has 9 heteroatoms. The zero-order valence-electron chi connectivity index (χ0n) is 26.1. The van der Waals surface area contributed by atoms with E-state index >= 15 is 0 Å². The Morgan fingerprint density at radius 1 is 0.932 bits per heavy atom. The van der Waals surface area contributed by atoms with Crippen LogP contribution in [0.15, 0.2) is 66.7 Å². The first-order valence-corrected chi connectivity index (χ1v) is 15.3. The smallest absolute Gasteiger partial charge is 0.348 e. The Hall–Kier alpha value is -4.14. The molecule has 0 radical (unpaired) electrons. The predicted molar refractivity (Wildman–Crippen MR) is 169 cm³/mol. The molecule has 0 aliphatic carbocycles. The Morgan fingerprint density at radius 3 is 2.32 bits per heavy atom. The minimum atomic E-state index is -1.51. The van der Waals surface area contributed by atoms with Crippen molar-refractivity contribution in [1.29, 1.82) is 0 Å². The number of carbonyl (C=O) groups is 2. The number of carboxylic acid groups (broad SMARTS) is 1. The Morgan fingerprint density at radius 2 is 1.66 bits per heavy atom. The quantitative estimate of drug-likeness (QED) is 0.150. The number of ether oxygens (including phenoxy) is 2. The summed E-state index contributed by atoms with van der Waals surface area (Å²) in [7, 11) is 0. The van der Waals surface area contributed by atoms with Gasteiger partial charge in [-0.1, -0.05) is 70.7 Å². The summed E-state index contributed by atoms with van der Waals surface area (Å²) in [5.74, 6) is -1.32. The van der Waals surface area contributed by atoms with Crippen LogP contribution in [0.1, 0.15) is 76.8 Å². The molecule has 1 atom stereocenters. The number of aliphatic carboxylic acids is 1. The van der Waals surface area contributed by atoms with Gasteiger partial charge < -0.3 is 24.8 Å². The van der Waals surface area contributed by atoms with Crippen molar-refractivity contribution in [3.05, 3.63) is 89.5 Å². The van der Waals surface area contributed by atoms with E-state index in [1.165, 1.54) is 6.07 Å². The molecule has 0 saturated heterocycles. The number of halogens is 2. The van der Waals surface area contributed by atoms with E-state index in [0.29, 0.717) is 29.5 Å². The summed E-state index contributed by atoms with van der Waals surface area (Å²) < 4.78 is 39.4. The highest BCUT2D eigenvalue weighted by molar-refractivity contribution is 5.89. The van der Waals surface area contributed by atoms with Gasteiger partial charge in [-0.25, -0.2) is 18.4 Å². The second-order valence-corrected chi connectivity index (χ2v) is 11.5. The maximum absolute atomic E-state index is 14.2. The molecule has 0 aliphatic heterocycles. The number of carbonyl (C=O) groups excluding carboxylic acids is 1. The average Bonchev–Trinajstić information content (AvgIpc) is 2.98. The third kappa shape index (κ3) is 10.5. The van der Waals surface area contributed by atoms with Crippen LogP contribution in [0.25, 0.3) is 0 Å². The van der Waals surface area contributed by atoms with Crippen molar-refractivity contribution in [1.82, 2.24) is 4.90 Å². The minimum absolute atomic E-state index is 0.0967. The van der Waals surface area contributed by atoms with Gasteiger partial charge in [0, 0.05) is 19.0 Å². The SMILES string of the molecule is CCCCCCCN(CCOc1cccc(CC(C)(Oc2ccc(C(C)C)cc2)C(=O)O)c1)C(=O)Nc1ccc(F)cc1F. The van der Waals surface area contributed by atoms with Gasteiger partial charge in [-0.15, -0.1) is 0 Å². The lowest BCUT2D eigenvalue weighted by Gasteiger charge is -2.27. The molecule has 0 spiro atoms. The molecular weight excluding hydrogens is 566 g/mol. The van der Waals surface area contributed by atoms with Gasteiger partial charge in [0.1, 0.15) is 29.7 Å². The largest absolute Gasteiger partial charge is 0.492 e. The number of amides is 2. The third-order valence-electron chi connectivity index (χ3n) is 7.40. The molecule has 0 bridgehead atoms. The molecule has 238 valence electrons. The number of nitrogens with zero attached hydrogens (tertiary/aromatic N) is 1. The van der Waals surface area contributed by atoms with Gasteiger partial charge in [-0.2, -0.15) is 0 Å². The van der Waals surface area contributed by atoms with Crippen LogP contribution in [-0.2, 0) is 11.2 Å². The van der Waals surface area contributed by atoms with E-state index in [9.17, 15) is 23.5 Å². The normalized spacial score (nSPS) is 12.4. The van der Waals surface area contributed by atoms with E-state index in [0.717, 1.165) is 49.8 Å². The fourth-order valence-corrected chi connectivity index (χ4v) is 4.75. The van der Waals surface area contributed by atoms with Gasteiger partial charge >= 0.3 is 12.0 Å². The van der Waals surface area contributed by atoms with Crippen molar-refractivity contribution in [3.63, 3.8) is 0 Å². The number of unbranched alkanes of at least 4 members (excludes halogenated alkanes) is 4. The summed E-state index contributed by atoms with van der Waals surface area (Å²) in [4.78, 5) is 26.8. The van der Waals surface area contributed by atoms with Crippen molar-refractivity contribution in [2.75, 3.05) is 25.0 Å². The zero-order chi connectivity index (χ0) is 32.1. The summed E-state index contributed by atoms with van der Waals surface area (Å²) >= 11 is 0. The number of hydrogen-bond donors (Lipinski definition) is 2. The van der Waals surface area contributed by atoms with Gasteiger partial charge in [0.25, 0.3) is 0 Å². The molecule has 44 heavy (non-hydrogen) atoms. The highest BCUT2D eigenvalue weighted by atomic mass is 19.1. The molecular formula is C35H44F2N2O5. The first kappa shape index (κ1) is 34.4. The lowest BCUT2D eigenvalue weighted by molar-refractivity contribution is -0.153. The molecule has 7 nitrogen and oxygen atoms in total. The highest BCUT2D eigenvalue weighted by Crippen LogP contribution is 2.26. The molecule has 0 aromatic heterocycles. The van der Waals surface area contributed by atoms with Crippen LogP contribution in [0, 0.1) is 11.6 Å². The molecule has 3 aromatic carbocycles. The highest BCUT2D eigenvalue weighted by Gasteiger charge is 2.36. The fraction of sp³-hybridized carbons (Fsp3) is 0.429. The number of nitrogens with one attached hydrogen (secondary N) is 1. The van der Waals surface area contributed by atoms with Crippen LogP contribution in [0.4, 0.5) is 19.3 Å². The first-order valence-electron chi connectivity index (χ1n) is 15.3. The number of rotatable bonds is 17. The Balaban J connectivity index is 1.63.